The molecule has 0 fully saturated rings. The SMILES string of the molecule is C[C@H](CCCCC(=O)O)Oc1ncnc2sc(-c3ccccc3)c(Br)c12. The van der Waals surface area contributed by atoms with Gasteiger partial charge in [-0.25, -0.2) is 9.97 Å². The minimum atomic E-state index is -0.758. The molecule has 0 aliphatic rings. The Balaban J connectivity index is 1.79. The van der Waals surface area contributed by atoms with Crippen molar-refractivity contribution >= 4 is 43.5 Å². The lowest BCUT2D eigenvalue weighted by Gasteiger charge is -2.14. The number of rotatable bonds is 8. The zero-order chi connectivity index (χ0) is 18.5. The number of carbonyl (C=O) groups is 1. The highest BCUT2D eigenvalue weighted by molar-refractivity contribution is 9.10. The maximum absolute atomic E-state index is 10.6. The molecule has 3 rings (SSSR count). The van der Waals surface area contributed by atoms with E-state index in [1.165, 1.54) is 6.33 Å². The van der Waals surface area contributed by atoms with Gasteiger partial charge in [0.2, 0.25) is 5.88 Å². The fraction of sp³-hybridized carbons (Fsp3) is 0.316. The van der Waals surface area contributed by atoms with Crippen molar-refractivity contribution in [3.8, 4) is 16.3 Å². The number of nitrogens with zero attached hydrogens (tertiary/aromatic N) is 2. The third-order valence-electron chi connectivity index (χ3n) is 4.00. The average Bonchev–Trinajstić information content (AvgIpc) is 2.97. The Bertz CT molecular complexity index is 898. The second-order valence-corrected chi connectivity index (χ2v) is 7.83. The number of aliphatic carboxylic acids is 1. The highest BCUT2D eigenvalue weighted by Crippen LogP contribution is 2.44. The maximum atomic E-state index is 10.6. The molecule has 1 aromatic carbocycles. The molecule has 0 bridgehead atoms. The summed E-state index contributed by atoms with van der Waals surface area (Å²) in [7, 11) is 0. The maximum Gasteiger partial charge on any atom is 0.303 e. The summed E-state index contributed by atoms with van der Waals surface area (Å²) >= 11 is 5.29. The number of carboxylic acid groups (broad SMARTS) is 1. The highest BCUT2D eigenvalue weighted by Gasteiger charge is 2.19. The van der Waals surface area contributed by atoms with E-state index in [9.17, 15) is 4.79 Å². The first-order valence-corrected chi connectivity index (χ1v) is 10.0. The smallest absolute Gasteiger partial charge is 0.303 e. The number of unbranched alkanes of at least 4 members (excludes halogenated alkanes) is 1. The Hall–Kier alpha value is -1.99. The second kappa shape index (κ2) is 8.60. The number of hydrogen-bond donors (Lipinski definition) is 1. The predicted octanol–water partition coefficient (Wildman–Crippen LogP) is 5.53. The fourth-order valence-electron chi connectivity index (χ4n) is 2.70. The zero-order valence-corrected chi connectivity index (χ0v) is 16.7. The van der Waals surface area contributed by atoms with Crippen molar-refractivity contribution < 1.29 is 14.6 Å². The van der Waals surface area contributed by atoms with Crippen LogP contribution in [0.4, 0.5) is 0 Å². The Labute approximate surface area is 164 Å². The molecule has 0 saturated heterocycles. The van der Waals surface area contributed by atoms with Crippen molar-refractivity contribution in [3.05, 3.63) is 41.1 Å². The molecule has 5 nitrogen and oxygen atoms in total. The third kappa shape index (κ3) is 4.40. The van der Waals surface area contributed by atoms with Gasteiger partial charge in [0, 0.05) is 6.42 Å². The molecule has 0 aliphatic carbocycles. The van der Waals surface area contributed by atoms with Crippen LogP contribution in [0.1, 0.15) is 32.6 Å². The Morgan fingerprint density at radius 3 is 2.77 bits per heavy atom. The van der Waals surface area contributed by atoms with E-state index in [4.69, 9.17) is 9.84 Å². The van der Waals surface area contributed by atoms with Crippen LogP contribution in [0, 0.1) is 0 Å². The number of halogens is 1. The number of benzene rings is 1. The van der Waals surface area contributed by atoms with Crippen molar-refractivity contribution in [2.75, 3.05) is 0 Å². The van der Waals surface area contributed by atoms with Crippen LogP contribution in [-0.2, 0) is 4.79 Å². The summed E-state index contributed by atoms with van der Waals surface area (Å²) in [5.41, 5.74) is 1.12. The van der Waals surface area contributed by atoms with Crippen LogP contribution in [-0.4, -0.2) is 27.1 Å². The van der Waals surface area contributed by atoms with Gasteiger partial charge >= 0.3 is 5.97 Å². The molecule has 2 heterocycles. The van der Waals surface area contributed by atoms with Crippen LogP contribution >= 0.6 is 27.3 Å². The molecular formula is C19H19BrN2O3S. The van der Waals surface area contributed by atoms with Crippen LogP contribution in [0.3, 0.4) is 0 Å². The van der Waals surface area contributed by atoms with E-state index in [-0.39, 0.29) is 12.5 Å². The highest BCUT2D eigenvalue weighted by atomic mass is 79.9. The van der Waals surface area contributed by atoms with Crippen molar-refractivity contribution in [2.45, 2.75) is 38.7 Å². The van der Waals surface area contributed by atoms with E-state index in [0.29, 0.717) is 12.3 Å². The molecule has 136 valence electrons. The molecule has 1 atom stereocenters. The minimum absolute atomic E-state index is 0.0473. The molecular weight excluding hydrogens is 416 g/mol. The van der Waals surface area contributed by atoms with Crippen LogP contribution in [0.25, 0.3) is 20.7 Å². The van der Waals surface area contributed by atoms with Crippen molar-refractivity contribution in [1.82, 2.24) is 9.97 Å². The Morgan fingerprint density at radius 1 is 1.27 bits per heavy atom. The van der Waals surface area contributed by atoms with Crippen molar-refractivity contribution in [3.63, 3.8) is 0 Å². The molecule has 26 heavy (non-hydrogen) atoms. The normalized spacial score (nSPS) is 12.2. The molecule has 0 aliphatic heterocycles. The minimum Gasteiger partial charge on any atom is -0.481 e. The van der Waals surface area contributed by atoms with Gasteiger partial charge in [0.25, 0.3) is 0 Å². The summed E-state index contributed by atoms with van der Waals surface area (Å²) in [6.45, 7) is 1.98. The van der Waals surface area contributed by atoms with Crippen LogP contribution in [0.5, 0.6) is 5.88 Å². The fourth-order valence-corrected chi connectivity index (χ4v) is 4.69. The lowest BCUT2D eigenvalue weighted by Crippen LogP contribution is -2.13. The van der Waals surface area contributed by atoms with E-state index in [1.54, 1.807) is 11.3 Å². The van der Waals surface area contributed by atoms with Crippen LogP contribution in [0.2, 0.25) is 0 Å². The average molecular weight is 435 g/mol. The lowest BCUT2D eigenvalue weighted by molar-refractivity contribution is -0.137. The first kappa shape index (κ1) is 18.8. The van der Waals surface area contributed by atoms with E-state index in [2.05, 4.69) is 38.0 Å². The van der Waals surface area contributed by atoms with Gasteiger partial charge in [0.1, 0.15) is 11.2 Å². The molecule has 0 radical (unpaired) electrons. The Morgan fingerprint density at radius 2 is 2.04 bits per heavy atom. The molecule has 2 aromatic heterocycles. The van der Waals surface area contributed by atoms with Gasteiger partial charge in [-0.15, -0.1) is 11.3 Å². The number of aromatic nitrogens is 2. The first-order valence-electron chi connectivity index (χ1n) is 8.43. The topological polar surface area (TPSA) is 72.3 Å². The quantitative estimate of drug-likeness (QED) is 0.471. The van der Waals surface area contributed by atoms with Gasteiger partial charge in [-0.1, -0.05) is 30.3 Å². The van der Waals surface area contributed by atoms with Gasteiger partial charge in [0.15, 0.2) is 0 Å². The largest absolute Gasteiger partial charge is 0.481 e. The van der Waals surface area contributed by atoms with Crippen LogP contribution < -0.4 is 4.74 Å². The van der Waals surface area contributed by atoms with Gasteiger partial charge in [-0.2, -0.15) is 0 Å². The summed E-state index contributed by atoms with van der Waals surface area (Å²) in [5.74, 6) is -0.197. The van der Waals surface area contributed by atoms with Gasteiger partial charge < -0.3 is 9.84 Å². The number of carboxylic acids is 1. The zero-order valence-electron chi connectivity index (χ0n) is 14.3. The van der Waals surface area contributed by atoms with Crippen molar-refractivity contribution in [2.24, 2.45) is 0 Å². The van der Waals surface area contributed by atoms with E-state index >= 15 is 0 Å². The number of ether oxygens (including phenoxy) is 1. The number of fused-ring (bicyclic) bond motifs is 1. The van der Waals surface area contributed by atoms with E-state index < -0.39 is 5.97 Å². The van der Waals surface area contributed by atoms with E-state index in [0.717, 1.165) is 38.0 Å². The summed E-state index contributed by atoms with van der Waals surface area (Å²) in [6, 6.07) is 10.1. The number of thiophene rings is 1. The van der Waals surface area contributed by atoms with Gasteiger partial charge in [-0.3, -0.25) is 4.79 Å². The Kier molecular flexibility index (Phi) is 6.21. The molecule has 7 heteroatoms. The summed E-state index contributed by atoms with van der Waals surface area (Å²) in [5, 5.41) is 9.59. The molecule has 0 saturated carbocycles. The first-order chi connectivity index (χ1) is 12.6. The molecule has 0 amide bonds. The van der Waals surface area contributed by atoms with E-state index in [1.807, 2.05) is 25.1 Å². The van der Waals surface area contributed by atoms with Gasteiger partial charge in [-0.05, 0) is 47.7 Å². The van der Waals surface area contributed by atoms with Gasteiger partial charge in [0.05, 0.1) is 20.8 Å². The molecule has 3 aromatic rings. The van der Waals surface area contributed by atoms with Crippen LogP contribution in [0.15, 0.2) is 41.1 Å². The molecule has 0 unspecified atom stereocenters. The second-order valence-electron chi connectivity index (χ2n) is 6.04. The summed E-state index contributed by atoms with van der Waals surface area (Å²) in [4.78, 5) is 21.3. The summed E-state index contributed by atoms with van der Waals surface area (Å²) in [6.07, 6.45) is 3.91. The number of hydrogen-bond acceptors (Lipinski definition) is 5. The summed E-state index contributed by atoms with van der Waals surface area (Å²) < 4.78 is 6.98. The molecule has 0 spiro atoms. The standard InChI is InChI=1S/C19H19BrN2O3S/c1-12(7-5-6-10-14(23)24)25-18-15-16(20)17(13-8-3-2-4-9-13)26-19(15)22-11-21-18/h2-4,8-9,11-12H,5-7,10H2,1H3,(H,23,24)/t12-/m1/s1. The molecule has 1 N–H and O–H groups in total. The monoisotopic (exact) mass is 434 g/mol. The third-order valence-corrected chi connectivity index (χ3v) is 6.20. The van der Waals surface area contributed by atoms with Crippen molar-refractivity contribution in [1.29, 1.82) is 0 Å². The predicted molar refractivity (Wildman–Crippen MR) is 107 cm³/mol. The lowest BCUT2D eigenvalue weighted by atomic mass is 10.1.